The maximum atomic E-state index is 10.7. The Labute approximate surface area is 147 Å². The predicted octanol–water partition coefficient (Wildman–Crippen LogP) is 5.03. The summed E-state index contributed by atoms with van der Waals surface area (Å²) in [6.45, 7) is 2.71. The highest BCUT2D eigenvalue weighted by Crippen LogP contribution is 2.21. The summed E-state index contributed by atoms with van der Waals surface area (Å²) in [6.07, 6.45) is 11.1. The zero-order chi connectivity index (χ0) is 17.7. The van der Waals surface area contributed by atoms with Crippen molar-refractivity contribution in [2.75, 3.05) is 12.4 Å². The van der Waals surface area contributed by atoms with Crippen LogP contribution < -0.4 is 4.74 Å². The minimum Gasteiger partial charge on any atom is -0.493 e. The molecule has 0 unspecified atom stereocenters. The van der Waals surface area contributed by atoms with Gasteiger partial charge in [-0.3, -0.25) is 4.55 Å². The van der Waals surface area contributed by atoms with Gasteiger partial charge in [0.25, 0.3) is 10.1 Å². The quantitative estimate of drug-likeness (QED) is 0.375. The summed E-state index contributed by atoms with van der Waals surface area (Å²) < 4.78 is 35.8. The molecule has 0 bridgehead atoms. The van der Waals surface area contributed by atoms with E-state index in [2.05, 4.69) is 13.0 Å². The zero-order valence-corrected chi connectivity index (χ0v) is 15.7. The first-order valence-electron chi connectivity index (χ1n) is 9.19. The van der Waals surface area contributed by atoms with Gasteiger partial charge >= 0.3 is 0 Å². The van der Waals surface area contributed by atoms with Crippen molar-refractivity contribution < 1.29 is 17.7 Å². The van der Waals surface area contributed by atoms with Crippen molar-refractivity contribution in [2.45, 2.75) is 71.1 Å². The van der Waals surface area contributed by atoms with Gasteiger partial charge in [0.05, 0.1) is 12.4 Å². The number of ether oxygens (including phenoxy) is 1. The number of benzene rings is 1. The molecule has 0 saturated heterocycles. The number of hydrogen-bond donors (Lipinski definition) is 1. The molecule has 138 valence electrons. The van der Waals surface area contributed by atoms with E-state index in [1.807, 2.05) is 18.2 Å². The van der Waals surface area contributed by atoms with Gasteiger partial charge in [-0.1, -0.05) is 63.6 Å². The van der Waals surface area contributed by atoms with E-state index in [4.69, 9.17) is 9.29 Å². The Hall–Kier alpha value is -1.07. The Morgan fingerprint density at radius 3 is 2.29 bits per heavy atom. The van der Waals surface area contributed by atoms with Crippen LogP contribution in [0.25, 0.3) is 0 Å². The maximum Gasteiger partial charge on any atom is 0.264 e. The number of para-hydroxylation sites is 1. The second kappa shape index (κ2) is 12.3. The lowest BCUT2D eigenvalue weighted by Gasteiger charge is -2.11. The lowest BCUT2D eigenvalue weighted by molar-refractivity contribution is 0.305. The molecule has 0 heterocycles. The van der Waals surface area contributed by atoms with Crippen LogP contribution in [-0.2, 0) is 16.5 Å². The fourth-order valence-electron chi connectivity index (χ4n) is 2.69. The number of hydrogen-bond acceptors (Lipinski definition) is 3. The summed E-state index contributed by atoms with van der Waals surface area (Å²) in [5, 5.41) is 0. The van der Waals surface area contributed by atoms with Crippen LogP contribution in [0.3, 0.4) is 0 Å². The smallest absolute Gasteiger partial charge is 0.264 e. The predicted molar refractivity (Wildman–Crippen MR) is 99.3 cm³/mol. The molecule has 1 aromatic carbocycles. The van der Waals surface area contributed by atoms with Gasteiger partial charge < -0.3 is 4.74 Å². The van der Waals surface area contributed by atoms with Gasteiger partial charge in [0, 0.05) is 0 Å². The monoisotopic (exact) mass is 356 g/mol. The second-order valence-electron chi connectivity index (χ2n) is 6.32. The van der Waals surface area contributed by atoms with Gasteiger partial charge in [-0.25, -0.2) is 0 Å². The molecule has 0 atom stereocenters. The number of rotatable bonds is 14. The Morgan fingerprint density at radius 2 is 1.58 bits per heavy atom. The van der Waals surface area contributed by atoms with Crippen LogP contribution in [-0.4, -0.2) is 25.3 Å². The highest BCUT2D eigenvalue weighted by molar-refractivity contribution is 7.85. The number of aryl methyl sites for hydroxylation is 1. The average molecular weight is 357 g/mol. The fraction of sp³-hybridized carbons (Fsp3) is 0.684. The van der Waals surface area contributed by atoms with E-state index >= 15 is 0 Å². The number of unbranched alkanes of at least 4 members (excludes halogenated alkanes) is 7. The third-order valence-corrected chi connectivity index (χ3v) is 4.88. The van der Waals surface area contributed by atoms with Gasteiger partial charge in [0.1, 0.15) is 5.75 Å². The third-order valence-electron chi connectivity index (χ3n) is 4.08. The molecule has 1 N–H and O–H groups in total. The van der Waals surface area contributed by atoms with E-state index in [0.29, 0.717) is 19.4 Å². The fourth-order valence-corrected chi connectivity index (χ4v) is 3.26. The van der Waals surface area contributed by atoms with Crippen molar-refractivity contribution in [1.29, 1.82) is 0 Å². The summed E-state index contributed by atoms with van der Waals surface area (Å²) in [5.74, 6) is 0.700. The van der Waals surface area contributed by atoms with Gasteiger partial charge in [0.15, 0.2) is 0 Å². The third kappa shape index (κ3) is 10.7. The van der Waals surface area contributed by atoms with Crippen LogP contribution >= 0.6 is 0 Å². The summed E-state index contributed by atoms with van der Waals surface area (Å²) >= 11 is 0. The average Bonchev–Trinajstić information content (AvgIpc) is 2.54. The molecule has 0 radical (unpaired) electrons. The van der Waals surface area contributed by atoms with Crippen LogP contribution in [0.2, 0.25) is 0 Å². The highest BCUT2D eigenvalue weighted by atomic mass is 32.2. The summed E-state index contributed by atoms with van der Waals surface area (Å²) in [4.78, 5) is 0. The topological polar surface area (TPSA) is 63.6 Å². The lowest BCUT2D eigenvalue weighted by Crippen LogP contribution is -2.06. The molecule has 1 aromatic rings. The minimum absolute atomic E-state index is 0.198. The first-order valence-corrected chi connectivity index (χ1v) is 10.8. The van der Waals surface area contributed by atoms with Crippen LogP contribution in [0.1, 0.15) is 70.3 Å². The molecule has 0 fully saturated rings. The maximum absolute atomic E-state index is 10.7. The molecule has 0 amide bonds. The Morgan fingerprint density at radius 1 is 0.917 bits per heavy atom. The first kappa shape index (κ1) is 21.0. The summed E-state index contributed by atoms with van der Waals surface area (Å²) in [6, 6.07) is 8.06. The molecule has 24 heavy (non-hydrogen) atoms. The van der Waals surface area contributed by atoms with Crippen LogP contribution in [0.5, 0.6) is 5.75 Å². The molecule has 0 saturated carbocycles. The molecule has 4 nitrogen and oxygen atoms in total. The first-order chi connectivity index (χ1) is 11.5. The van der Waals surface area contributed by atoms with Crippen molar-refractivity contribution in [3.63, 3.8) is 0 Å². The Bertz CT molecular complexity index is 540. The van der Waals surface area contributed by atoms with Crippen LogP contribution in [0.15, 0.2) is 24.3 Å². The van der Waals surface area contributed by atoms with E-state index in [9.17, 15) is 8.42 Å². The van der Waals surface area contributed by atoms with Crippen molar-refractivity contribution >= 4 is 10.1 Å². The largest absolute Gasteiger partial charge is 0.493 e. The highest BCUT2D eigenvalue weighted by Gasteiger charge is 2.05. The Balaban J connectivity index is 2.24. The van der Waals surface area contributed by atoms with E-state index in [1.165, 1.54) is 50.5 Å². The van der Waals surface area contributed by atoms with Crippen LogP contribution in [0, 0.1) is 0 Å². The summed E-state index contributed by atoms with van der Waals surface area (Å²) in [7, 11) is -3.86. The molecule has 5 heteroatoms. The molecule has 0 aliphatic rings. The van der Waals surface area contributed by atoms with Crippen LogP contribution in [0.4, 0.5) is 0 Å². The molecule has 0 spiro atoms. The molecular formula is C19H32O4S. The standard InChI is InChI=1S/C19H32O4S/c1-2-3-4-5-6-7-8-13-18-14-9-10-15-19(18)23-16-11-12-17-24(20,21)22/h9-10,14-15H,2-8,11-13,16-17H2,1H3,(H,20,21,22). The zero-order valence-electron chi connectivity index (χ0n) is 14.9. The molecular weight excluding hydrogens is 324 g/mol. The normalized spacial score (nSPS) is 11.6. The van der Waals surface area contributed by atoms with Gasteiger partial charge in [-0.2, -0.15) is 8.42 Å². The van der Waals surface area contributed by atoms with Gasteiger partial charge in [-0.15, -0.1) is 0 Å². The molecule has 0 aromatic heterocycles. The SMILES string of the molecule is CCCCCCCCCc1ccccc1OCCCCS(=O)(=O)O. The van der Waals surface area contributed by atoms with E-state index in [0.717, 1.165) is 12.2 Å². The van der Waals surface area contributed by atoms with Crippen molar-refractivity contribution in [2.24, 2.45) is 0 Å². The van der Waals surface area contributed by atoms with Gasteiger partial charge in [-0.05, 0) is 37.3 Å². The van der Waals surface area contributed by atoms with E-state index in [-0.39, 0.29) is 5.75 Å². The van der Waals surface area contributed by atoms with Gasteiger partial charge in [0.2, 0.25) is 0 Å². The molecule has 0 aliphatic heterocycles. The molecule has 0 aliphatic carbocycles. The second-order valence-corrected chi connectivity index (χ2v) is 7.89. The van der Waals surface area contributed by atoms with E-state index in [1.54, 1.807) is 0 Å². The van der Waals surface area contributed by atoms with Crippen molar-refractivity contribution in [1.82, 2.24) is 0 Å². The van der Waals surface area contributed by atoms with Crippen molar-refractivity contribution in [3.05, 3.63) is 29.8 Å². The lowest BCUT2D eigenvalue weighted by atomic mass is 10.0. The van der Waals surface area contributed by atoms with E-state index < -0.39 is 10.1 Å². The van der Waals surface area contributed by atoms with Crippen molar-refractivity contribution in [3.8, 4) is 5.75 Å². The molecule has 1 rings (SSSR count). The Kier molecular flexibility index (Phi) is 10.8. The minimum atomic E-state index is -3.86. The summed E-state index contributed by atoms with van der Waals surface area (Å²) in [5.41, 5.74) is 1.22.